The third-order valence-corrected chi connectivity index (χ3v) is 9.64. The van der Waals surface area contributed by atoms with Crippen molar-refractivity contribution in [1.29, 1.82) is 0 Å². The Morgan fingerprint density at radius 1 is 1.00 bits per heavy atom. The fourth-order valence-electron chi connectivity index (χ4n) is 1.57. The molecule has 24 heavy (non-hydrogen) atoms. The maximum absolute atomic E-state index is 12.7. The fraction of sp³-hybridized carbons (Fsp3) is 0.0714. The molecule has 0 aliphatic carbocycles. The van der Waals surface area contributed by atoms with E-state index >= 15 is 0 Å². The average Bonchev–Trinajstić information content (AvgIpc) is 2.52. The molecule has 2 aromatic carbocycles. The van der Waals surface area contributed by atoms with Crippen LogP contribution in [-0.2, 0) is 12.6 Å². The molecular formula is C14H10F3IO5S. The van der Waals surface area contributed by atoms with Crippen molar-refractivity contribution >= 4 is 36.3 Å². The first-order valence-electron chi connectivity index (χ1n) is 6.21. The first-order valence-corrected chi connectivity index (χ1v) is 10.7. The van der Waals surface area contributed by atoms with Gasteiger partial charge in [-0.05, 0) is 0 Å². The van der Waals surface area contributed by atoms with E-state index in [0.717, 1.165) is 6.07 Å². The van der Waals surface area contributed by atoms with Crippen molar-refractivity contribution in [2.75, 3.05) is 0 Å². The summed E-state index contributed by atoms with van der Waals surface area (Å²) in [7, 11) is -5.80. The fourth-order valence-corrected chi connectivity index (χ4v) is 8.17. The van der Waals surface area contributed by atoms with Crippen molar-refractivity contribution in [2.24, 2.45) is 0 Å². The van der Waals surface area contributed by atoms with Gasteiger partial charge in [0.25, 0.3) is 0 Å². The number of carboxylic acid groups (broad SMARTS) is 1. The molecule has 1 N–H and O–H groups in total. The molecular weight excluding hydrogens is 464 g/mol. The van der Waals surface area contributed by atoms with Crippen LogP contribution in [0.5, 0.6) is 0 Å². The van der Waals surface area contributed by atoms with E-state index < -0.39 is 41.8 Å². The van der Waals surface area contributed by atoms with Gasteiger partial charge in [0, 0.05) is 0 Å². The van der Waals surface area contributed by atoms with E-state index in [4.69, 9.17) is 5.11 Å². The standard InChI is InChI=1S/C14H10F3IO5S/c15-14(16,17)24(21,22)23-18(11-6-2-1-3-7-11)12-8-4-5-10(9-12)13(19)20/h1-9H,(H,19,20). The zero-order valence-corrected chi connectivity index (χ0v) is 14.7. The van der Waals surface area contributed by atoms with Gasteiger partial charge in [0.1, 0.15) is 0 Å². The zero-order chi connectivity index (χ0) is 18.0. The van der Waals surface area contributed by atoms with Gasteiger partial charge >= 0.3 is 143 Å². The van der Waals surface area contributed by atoms with Gasteiger partial charge in [0.15, 0.2) is 0 Å². The van der Waals surface area contributed by atoms with Crippen molar-refractivity contribution < 1.29 is 34.0 Å². The van der Waals surface area contributed by atoms with Crippen LogP contribution in [0.25, 0.3) is 0 Å². The Balaban J connectivity index is 2.53. The summed E-state index contributed by atoms with van der Waals surface area (Å²) in [4.78, 5) is 11.0. The molecule has 0 aliphatic rings. The molecule has 0 atom stereocenters. The zero-order valence-electron chi connectivity index (χ0n) is 11.7. The number of hydrogen-bond acceptors (Lipinski definition) is 4. The van der Waals surface area contributed by atoms with Crippen molar-refractivity contribution in [3.63, 3.8) is 0 Å². The number of carbonyl (C=O) groups is 1. The van der Waals surface area contributed by atoms with Gasteiger partial charge in [0.05, 0.1) is 0 Å². The SMILES string of the molecule is O=C(O)c1cccc(I(OS(=O)(=O)C(F)(F)F)c2ccccc2)c1. The summed E-state index contributed by atoms with van der Waals surface area (Å²) in [5.41, 5.74) is -5.72. The Morgan fingerprint density at radius 3 is 2.12 bits per heavy atom. The average molecular weight is 474 g/mol. The van der Waals surface area contributed by atoms with Crippen LogP contribution in [0.2, 0.25) is 0 Å². The maximum atomic E-state index is 12.7. The monoisotopic (exact) mass is 474 g/mol. The molecule has 2 rings (SSSR count). The summed E-state index contributed by atoms with van der Waals surface area (Å²) in [5, 5.41) is 9.00. The number of carboxylic acids is 1. The van der Waals surface area contributed by atoms with E-state index in [2.05, 4.69) is 2.51 Å². The third kappa shape index (κ3) is 4.24. The van der Waals surface area contributed by atoms with Gasteiger partial charge in [-0.3, -0.25) is 0 Å². The normalized spacial score (nSPS) is 12.7. The molecule has 0 unspecified atom stereocenters. The van der Waals surface area contributed by atoms with E-state index in [-0.39, 0.29) is 12.7 Å². The van der Waals surface area contributed by atoms with Crippen LogP contribution in [0, 0.1) is 7.14 Å². The second kappa shape index (κ2) is 7.07. The number of alkyl halides is 3. The molecule has 0 aromatic heterocycles. The van der Waals surface area contributed by atoms with E-state index in [9.17, 15) is 26.4 Å². The van der Waals surface area contributed by atoms with Crippen LogP contribution in [0.15, 0.2) is 54.6 Å². The Kier molecular flexibility index (Phi) is 5.50. The van der Waals surface area contributed by atoms with E-state index in [1.165, 1.54) is 42.5 Å². The Morgan fingerprint density at radius 2 is 1.58 bits per heavy atom. The van der Waals surface area contributed by atoms with Crippen molar-refractivity contribution in [1.82, 2.24) is 0 Å². The van der Waals surface area contributed by atoms with Gasteiger partial charge in [-0.25, -0.2) is 0 Å². The first kappa shape index (κ1) is 18.7. The second-order valence-electron chi connectivity index (χ2n) is 4.32. The number of halogens is 4. The van der Waals surface area contributed by atoms with E-state index in [1.54, 1.807) is 6.07 Å². The summed E-state index contributed by atoms with van der Waals surface area (Å²) in [5.74, 6) is -1.28. The summed E-state index contributed by atoms with van der Waals surface area (Å²) in [6.07, 6.45) is 0. The minimum absolute atomic E-state index is 0.123. The van der Waals surface area contributed by atoms with E-state index in [0.29, 0.717) is 0 Å². The summed E-state index contributed by atoms with van der Waals surface area (Å²) < 4.78 is 65.7. The molecule has 0 radical (unpaired) electrons. The molecule has 0 spiro atoms. The van der Waals surface area contributed by atoms with Crippen LogP contribution in [0.3, 0.4) is 0 Å². The minimum atomic E-state index is -5.80. The summed E-state index contributed by atoms with van der Waals surface area (Å²) in [6, 6.07) is 12.6. The van der Waals surface area contributed by atoms with Crippen LogP contribution in [0.1, 0.15) is 10.4 Å². The first-order chi connectivity index (χ1) is 11.1. The Labute approximate surface area is 143 Å². The summed E-state index contributed by atoms with van der Waals surface area (Å²) >= 11 is -3.53. The quantitative estimate of drug-likeness (QED) is 0.528. The molecule has 0 saturated carbocycles. The molecule has 2 aromatic rings. The van der Waals surface area contributed by atoms with Gasteiger partial charge in [0.2, 0.25) is 0 Å². The Bertz CT molecular complexity index is 837. The number of benzene rings is 2. The van der Waals surface area contributed by atoms with Crippen LogP contribution < -0.4 is 0 Å². The molecule has 0 saturated heterocycles. The summed E-state index contributed by atoms with van der Waals surface area (Å²) in [6.45, 7) is 0. The van der Waals surface area contributed by atoms with Crippen LogP contribution >= 0.6 is 20.2 Å². The molecule has 5 nitrogen and oxygen atoms in total. The van der Waals surface area contributed by atoms with Crippen LogP contribution in [0.4, 0.5) is 13.2 Å². The predicted molar refractivity (Wildman–Crippen MR) is 87.3 cm³/mol. The molecule has 0 bridgehead atoms. The second-order valence-corrected chi connectivity index (χ2v) is 10.8. The molecule has 0 aliphatic heterocycles. The molecule has 0 fully saturated rings. The Hall–Kier alpha value is -1.66. The number of aromatic carboxylic acids is 1. The number of hydrogen-bond donors (Lipinski definition) is 1. The molecule has 130 valence electrons. The molecule has 0 heterocycles. The molecule has 10 heteroatoms. The van der Waals surface area contributed by atoms with Crippen molar-refractivity contribution in [2.45, 2.75) is 5.51 Å². The van der Waals surface area contributed by atoms with Gasteiger partial charge in [-0.1, -0.05) is 0 Å². The predicted octanol–water partition coefficient (Wildman–Crippen LogP) is 3.71. The van der Waals surface area contributed by atoms with Crippen molar-refractivity contribution in [3.8, 4) is 0 Å². The number of rotatable bonds is 5. The van der Waals surface area contributed by atoms with Crippen molar-refractivity contribution in [3.05, 3.63) is 67.3 Å². The van der Waals surface area contributed by atoms with Gasteiger partial charge in [-0.15, -0.1) is 0 Å². The third-order valence-electron chi connectivity index (χ3n) is 2.63. The van der Waals surface area contributed by atoms with Crippen LogP contribution in [-0.4, -0.2) is 25.0 Å². The van der Waals surface area contributed by atoms with Gasteiger partial charge < -0.3 is 0 Å². The topological polar surface area (TPSA) is 80.7 Å². The molecule has 0 amide bonds. The van der Waals surface area contributed by atoms with E-state index in [1.807, 2.05) is 0 Å². The van der Waals surface area contributed by atoms with Gasteiger partial charge in [-0.2, -0.15) is 0 Å².